The van der Waals surface area contributed by atoms with Gasteiger partial charge in [0.05, 0.1) is 5.92 Å². The second-order valence-electron chi connectivity index (χ2n) is 8.92. The number of benzene rings is 1. The number of carbonyl (C=O) groups is 1. The van der Waals surface area contributed by atoms with Crippen molar-refractivity contribution in [2.45, 2.75) is 52.1 Å². The van der Waals surface area contributed by atoms with Crippen LogP contribution in [0.5, 0.6) is 0 Å². The Balaban J connectivity index is 1.38. The second kappa shape index (κ2) is 7.38. The zero-order chi connectivity index (χ0) is 19.0. The summed E-state index contributed by atoms with van der Waals surface area (Å²) in [6.07, 6.45) is 7.99. The van der Waals surface area contributed by atoms with E-state index in [1.807, 2.05) is 12.1 Å². The summed E-state index contributed by atoms with van der Waals surface area (Å²) in [6.45, 7) is 6.11. The third-order valence-corrected chi connectivity index (χ3v) is 6.95. The van der Waals surface area contributed by atoms with Gasteiger partial charge in [-0.1, -0.05) is 44.1 Å². The third kappa shape index (κ3) is 3.69. The van der Waals surface area contributed by atoms with E-state index in [0.717, 1.165) is 24.9 Å². The Bertz CT molecular complexity index is 728. The van der Waals surface area contributed by atoms with Crippen LogP contribution >= 0.6 is 0 Å². The Kier molecular flexibility index (Phi) is 5.11. The van der Waals surface area contributed by atoms with Gasteiger partial charge < -0.3 is 10.1 Å². The lowest BCUT2D eigenvalue weighted by molar-refractivity contribution is -0.145. The Morgan fingerprint density at radius 2 is 2.07 bits per heavy atom. The Labute approximate surface area is 161 Å². The quantitative estimate of drug-likeness (QED) is 0.477. The van der Waals surface area contributed by atoms with Gasteiger partial charge in [0.1, 0.15) is 11.9 Å². The number of allylic oxidation sites excluding steroid dienone is 1. The Morgan fingerprint density at radius 3 is 2.85 bits per heavy atom. The smallest absolute Gasteiger partial charge is 0.311 e. The van der Waals surface area contributed by atoms with Gasteiger partial charge in [0.15, 0.2) is 0 Å². The summed E-state index contributed by atoms with van der Waals surface area (Å²) in [5, 5.41) is 3.42. The molecule has 0 amide bonds. The maximum absolute atomic E-state index is 13.0. The van der Waals surface area contributed by atoms with Gasteiger partial charge in [-0.2, -0.15) is 0 Å². The molecule has 1 aliphatic heterocycles. The molecule has 5 atom stereocenters. The lowest BCUT2D eigenvalue weighted by Crippen LogP contribution is -2.40. The van der Waals surface area contributed by atoms with Crippen LogP contribution in [0.3, 0.4) is 0 Å². The summed E-state index contributed by atoms with van der Waals surface area (Å²) in [4.78, 5) is 12.5. The van der Waals surface area contributed by atoms with E-state index in [1.165, 1.54) is 31.4 Å². The molecule has 2 aliphatic carbocycles. The number of halogens is 1. The average Bonchev–Trinajstić information content (AvgIpc) is 2.92. The number of rotatable bonds is 5. The summed E-state index contributed by atoms with van der Waals surface area (Å²) in [6, 6.07) is 6.61. The fraction of sp³-hybridized carbons (Fsp3) is 0.609. The minimum Gasteiger partial charge on any atom is -0.461 e. The van der Waals surface area contributed by atoms with Crippen LogP contribution in [0, 0.1) is 29.0 Å². The highest BCUT2D eigenvalue weighted by Gasteiger charge is 2.51. The van der Waals surface area contributed by atoms with Crippen LogP contribution in [0.15, 0.2) is 35.9 Å². The van der Waals surface area contributed by atoms with Crippen molar-refractivity contribution < 1.29 is 13.9 Å². The van der Waals surface area contributed by atoms with Crippen molar-refractivity contribution in [1.82, 2.24) is 5.32 Å². The SMILES string of the molecule is C[C@@H]1CCC[C@]2(C)C[C@H]3OC(=O)[C@@H](CNCCc4ccc(F)cc4)[C@H]3C=C12. The number of carbonyl (C=O) groups excluding carboxylic acids is 1. The lowest BCUT2D eigenvalue weighted by atomic mass is 9.59. The van der Waals surface area contributed by atoms with Crippen molar-refractivity contribution in [3.05, 3.63) is 47.3 Å². The normalized spacial score (nSPS) is 35.2. The highest BCUT2D eigenvalue weighted by Crippen LogP contribution is 2.53. The second-order valence-corrected chi connectivity index (χ2v) is 8.92. The van der Waals surface area contributed by atoms with Crippen LogP contribution < -0.4 is 5.32 Å². The van der Waals surface area contributed by atoms with Crippen LogP contribution in [0.4, 0.5) is 4.39 Å². The first kappa shape index (κ1) is 18.7. The first-order valence-corrected chi connectivity index (χ1v) is 10.3. The molecule has 27 heavy (non-hydrogen) atoms. The minimum absolute atomic E-state index is 0.0421. The zero-order valence-electron chi connectivity index (χ0n) is 16.3. The largest absolute Gasteiger partial charge is 0.461 e. The summed E-state index contributed by atoms with van der Waals surface area (Å²) in [7, 11) is 0. The fourth-order valence-corrected chi connectivity index (χ4v) is 5.42. The number of hydrogen-bond acceptors (Lipinski definition) is 3. The molecule has 4 heteroatoms. The minimum atomic E-state index is -0.208. The molecule has 1 saturated carbocycles. The molecule has 0 aromatic heterocycles. The molecule has 1 heterocycles. The van der Waals surface area contributed by atoms with Crippen molar-refractivity contribution in [2.24, 2.45) is 23.2 Å². The Hall–Kier alpha value is -1.68. The number of ether oxygens (including phenoxy) is 1. The van der Waals surface area contributed by atoms with E-state index < -0.39 is 0 Å². The molecule has 0 unspecified atom stereocenters. The van der Waals surface area contributed by atoms with E-state index in [4.69, 9.17) is 4.74 Å². The van der Waals surface area contributed by atoms with Gasteiger partial charge in [0, 0.05) is 12.5 Å². The molecule has 1 N–H and O–H groups in total. The van der Waals surface area contributed by atoms with Gasteiger partial charge in [0.2, 0.25) is 0 Å². The molecule has 1 saturated heterocycles. The maximum atomic E-state index is 13.0. The average molecular weight is 371 g/mol. The Morgan fingerprint density at radius 1 is 1.30 bits per heavy atom. The maximum Gasteiger partial charge on any atom is 0.311 e. The molecule has 0 bridgehead atoms. The van der Waals surface area contributed by atoms with Gasteiger partial charge in [-0.05, 0) is 61.3 Å². The number of nitrogens with one attached hydrogen (secondary N) is 1. The third-order valence-electron chi connectivity index (χ3n) is 6.95. The molecular formula is C23H30FNO2. The summed E-state index contributed by atoms with van der Waals surface area (Å²) >= 11 is 0. The standard InChI is InChI=1S/C23H30FNO2/c1-15-4-3-10-23(2)13-21-18(12-20(15)23)19(22(26)27-21)14-25-11-9-16-5-7-17(24)8-6-16/h5-8,12,15,18-19,21,25H,3-4,9-11,13-14H2,1-2H3/t15-,18-,19+,21-,23-/m1/s1. The summed E-state index contributed by atoms with van der Waals surface area (Å²) < 4.78 is 18.8. The van der Waals surface area contributed by atoms with Crippen LogP contribution in [-0.4, -0.2) is 25.2 Å². The molecule has 0 radical (unpaired) electrons. The molecule has 1 aromatic carbocycles. The molecule has 3 nitrogen and oxygen atoms in total. The topological polar surface area (TPSA) is 38.3 Å². The van der Waals surface area contributed by atoms with Gasteiger partial charge in [0.25, 0.3) is 0 Å². The summed E-state index contributed by atoms with van der Waals surface area (Å²) in [5.74, 6) is 0.480. The molecular weight excluding hydrogens is 341 g/mol. The molecule has 0 spiro atoms. The van der Waals surface area contributed by atoms with Crippen LogP contribution in [-0.2, 0) is 16.0 Å². The molecule has 4 rings (SSSR count). The van der Waals surface area contributed by atoms with Crippen molar-refractivity contribution >= 4 is 5.97 Å². The van der Waals surface area contributed by atoms with Gasteiger partial charge in [-0.15, -0.1) is 0 Å². The number of fused-ring (bicyclic) bond motifs is 2. The van der Waals surface area contributed by atoms with Gasteiger partial charge in [-0.25, -0.2) is 4.39 Å². The van der Waals surface area contributed by atoms with E-state index in [-0.39, 0.29) is 35.1 Å². The molecule has 2 fully saturated rings. The van der Waals surface area contributed by atoms with Crippen LogP contribution in [0.25, 0.3) is 0 Å². The van der Waals surface area contributed by atoms with E-state index in [2.05, 4.69) is 25.2 Å². The molecule has 3 aliphatic rings. The highest BCUT2D eigenvalue weighted by molar-refractivity contribution is 5.76. The van der Waals surface area contributed by atoms with Crippen LogP contribution in [0.2, 0.25) is 0 Å². The monoisotopic (exact) mass is 371 g/mol. The van der Waals surface area contributed by atoms with Crippen molar-refractivity contribution in [3.63, 3.8) is 0 Å². The fourth-order valence-electron chi connectivity index (χ4n) is 5.42. The van der Waals surface area contributed by atoms with Gasteiger partial charge >= 0.3 is 5.97 Å². The van der Waals surface area contributed by atoms with Crippen molar-refractivity contribution in [1.29, 1.82) is 0 Å². The van der Waals surface area contributed by atoms with Crippen molar-refractivity contribution in [2.75, 3.05) is 13.1 Å². The van der Waals surface area contributed by atoms with E-state index in [0.29, 0.717) is 12.5 Å². The number of hydrogen-bond donors (Lipinski definition) is 1. The van der Waals surface area contributed by atoms with E-state index >= 15 is 0 Å². The highest BCUT2D eigenvalue weighted by atomic mass is 19.1. The molecule has 1 aromatic rings. The molecule has 146 valence electrons. The zero-order valence-corrected chi connectivity index (χ0v) is 16.3. The van der Waals surface area contributed by atoms with Crippen LogP contribution in [0.1, 0.15) is 45.1 Å². The van der Waals surface area contributed by atoms with E-state index in [9.17, 15) is 9.18 Å². The summed E-state index contributed by atoms with van der Waals surface area (Å²) in [5.41, 5.74) is 2.87. The number of esters is 1. The lowest BCUT2D eigenvalue weighted by Gasteiger charge is -2.46. The van der Waals surface area contributed by atoms with Gasteiger partial charge in [-0.3, -0.25) is 4.79 Å². The first-order valence-electron chi connectivity index (χ1n) is 10.3. The predicted molar refractivity (Wildman–Crippen MR) is 104 cm³/mol. The van der Waals surface area contributed by atoms with Crippen molar-refractivity contribution in [3.8, 4) is 0 Å². The first-order chi connectivity index (χ1) is 13.0. The predicted octanol–water partition coefficient (Wildman–Crippen LogP) is 4.27. The van der Waals surface area contributed by atoms with E-state index in [1.54, 1.807) is 5.57 Å².